The van der Waals surface area contributed by atoms with E-state index in [2.05, 4.69) is 24.3 Å². The maximum absolute atomic E-state index is 5.84. The number of benzene rings is 2. The number of hydrogen-bond donors (Lipinski definition) is 0. The lowest BCUT2D eigenvalue weighted by atomic mass is 10.0. The quantitative estimate of drug-likeness (QED) is 0.715. The zero-order chi connectivity index (χ0) is 12.1. The zero-order valence-corrected chi connectivity index (χ0v) is 11.0. The highest BCUT2D eigenvalue weighted by molar-refractivity contribution is 6.30. The summed E-state index contributed by atoms with van der Waals surface area (Å²) >= 11 is 11.7. The number of rotatable bonds is 4. The van der Waals surface area contributed by atoms with E-state index in [1.54, 1.807) is 0 Å². The van der Waals surface area contributed by atoms with Gasteiger partial charge in [-0.1, -0.05) is 47.5 Å². The molecular weight excluding hydrogens is 251 g/mol. The highest BCUT2D eigenvalue weighted by Gasteiger charge is 1.96. The Bertz CT molecular complexity index is 412. The fraction of sp³-hybridized carbons (Fsp3) is 0.200. The van der Waals surface area contributed by atoms with E-state index in [1.165, 1.54) is 11.1 Å². The molecule has 0 aromatic heterocycles. The largest absolute Gasteiger partial charge is 0.0843 e. The van der Waals surface area contributed by atoms with Gasteiger partial charge in [0.05, 0.1) is 0 Å². The molecule has 0 aliphatic rings. The van der Waals surface area contributed by atoms with Gasteiger partial charge in [-0.05, 0) is 54.7 Å². The smallest absolute Gasteiger partial charge is 0.0406 e. The molecule has 2 heteroatoms. The highest BCUT2D eigenvalue weighted by atomic mass is 35.5. The molecule has 0 fully saturated rings. The molecule has 2 rings (SSSR count). The van der Waals surface area contributed by atoms with Crippen LogP contribution in [0.15, 0.2) is 48.5 Å². The molecule has 0 unspecified atom stereocenters. The predicted molar refractivity (Wildman–Crippen MR) is 74.9 cm³/mol. The third-order valence-electron chi connectivity index (χ3n) is 2.76. The van der Waals surface area contributed by atoms with Crippen molar-refractivity contribution >= 4 is 23.2 Å². The summed E-state index contributed by atoms with van der Waals surface area (Å²) in [5.41, 5.74) is 2.67. The van der Waals surface area contributed by atoms with E-state index in [9.17, 15) is 0 Å². The molecule has 2 aromatic carbocycles. The molecule has 0 heterocycles. The number of aryl methyl sites for hydroxylation is 2. The minimum Gasteiger partial charge on any atom is -0.0843 e. The van der Waals surface area contributed by atoms with Crippen LogP contribution in [0.5, 0.6) is 0 Å². The summed E-state index contributed by atoms with van der Waals surface area (Å²) in [6.45, 7) is 0. The van der Waals surface area contributed by atoms with Gasteiger partial charge in [0.2, 0.25) is 0 Å². The highest BCUT2D eigenvalue weighted by Crippen LogP contribution is 2.14. The second kappa shape index (κ2) is 6.09. The van der Waals surface area contributed by atoms with Gasteiger partial charge >= 0.3 is 0 Å². The first kappa shape index (κ1) is 12.5. The molecule has 0 spiro atoms. The average molecular weight is 265 g/mol. The fourth-order valence-corrected chi connectivity index (χ4v) is 2.05. The molecule has 17 heavy (non-hydrogen) atoms. The zero-order valence-electron chi connectivity index (χ0n) is 9.50. The molecule has 0 nitrogen and oxygen atoms in total. The van der Waals surface area contributed by atoms with Crippen LogP contribution in [-0.4, -0.2) is 0 Å². The Morgan fingerprint density at radius 2 is 0.941 bits per heavy atom. The van der Waals surface area contributed by atoms with Crippen LogP contribution in [0.4, 0.5) is 0 Å². The Hall–Kier alpha value is -0.980. The van der Waals surface area contributed by atoms with Crippen molar-refractivity contribution in [2.75, 3.05) is 0 Å². The van der Waals surface area contributed by atoms with Crippen molar-refractivity contribution in [1.29, 1.82) is 0 Å². The standard InChI is InChI=1S/C15H14Cl2/c16-14-8-4-12(5-9-14)2-1-3-13-6-10-15(17)11-7-13/h4-11H,1-3H2. The molecule has 2 aromatic rings. The van der Waals surface area contributed by atoms with Gasteiger partial charge in [0.15, 0.2) is 0 Å². The molecular formula is C15H14Cl2. The Kier molecular flexibility index (Phi) is 4.47. The fourth-order valence-electron chi connectivity index (χ4n) is 1.80. The van der Waals surface area contributed by atoms with E-state index >= 15 is 0 Å². The van der Waals surface area contributed by atoms with E-state index in [1.807, 2.05) is 24.3 Å². The van der Waals surface area contributed by atoms with Gasteiger partial charge < -0.3 is 0 Å². The third kappa shape index (κ3) is 4.07. The monoisotopic (exact) mass is 264 g/mol. The summed E-state index contributed by atoms with van der Waals surface area (Å²) in [5.74, 6) is 0. The van der Waals surface area contributed by atoms with Crippen molar-refractivity contribution in [3.8, 4) is 0 Å². The third-order valence-corrected chi connectivity index (χ3v) is 3.26. The van der Waals surface area contributed by atoms with Crippen molar-refractivity contribution in [3.05, 3.63) is 69.7 Å². The van der Waals surface area contributed by atoms with E-state index in [4.69, 9.17) is 23.2 Å². The SMILES string of the molecule is Clc1ccc(CCCc2ccc(Cl)cc2)cc1. The van der Waals surface area contributed by atoms with Crippen LogP contribution >= 0.6 is 23.2 Å². The Morgan fingerprint density at radius 3 is 1.29 bits per heavy atom. The summed E-state index contributed by atoms with van der Waals surface area (Å²) in [5, 5.41) is 1.60. The van der Waals surface area contributed by atoms with Gasteiger partial charge in [-0.3, -0.25) is 0 Å². The molecule has 0 amide bonds. The van der Waals surface area contributed by atoms with E-state index in [0.29, 0.717) is 0 Å². The molecule has 0 N–H and O–H groups in total. The molecule has 0 aliphatic carbocycles. The van der Waals surface area contributed by atoms with Crippen LogP contribution in [0, 0.1) is 0 Å². The molecule has 0 saturated carbocycles. The predicted octanol–water partition coefficient (Wildman–Crippen LogP) is 5.17. The normalized spacial score (nSPS) is 10.5. The lowest BCUT2D eigenvalue weighted by molar-refractivity contribution is 0.821. The minimum atomic E-state index is 0.798. The number of halogens is 2. The Labute approximate surface area is 112 Å². The van der Waals surface area contributed by atoms with Crippen molar-refractivity contribution in [2.45, 2.75) is 19.3 Å². The van der Waals surface area contributed by atoms with Gasteiger partial charge in [-0.2, -0.15) is 0 Å². The van der Waals surface area contributed by atoms with Gasteiger partial charge in [0.1, 0.15) is 0 Å². The van der Waals surface area contributed by atoms with Gasteiger partial charge in [0.25, 0.3) is 0 Å². The van der Waals surface area contributed by atoms with Crippen molar-refractivity contribution in [2.24, 2.45) is 0 Å². The topological polar surface area (TPSA) is 0 Å². The summed E-state index contributed by atoms with van der Waals surface area (Å²) < 4.78 is 0. The van der Waals surface area contributed by atoms with Gasteiger partial charge in [-0.15, -0.1) is 0 Å². The maximum atomic E-state index is 5.84. The lowest BCUT2D eigenvalue weighted by Crippen LogP contribution is -1.89. The first-order valence-electron chi connectivity index (χ1n) is 5.73. The van der Waals surface area contributed by atoms with E-state index in [-0.39, 0.29) is 0 Å². The first-order chi connectivity index (χ1) is 8.24. The summed E-state index contributed by atoms with van der Waals surface area (Å²) in [6, 6.07) is 16.1. The molecule has 0 aliphatic heterocycles. The van der Waals surface area contributed by atoms with Crippen LogP contribution in [-0.2, 0) is 12.8 Å². The number of hydrogen-bond acceptors (Lipinski definition) is 0. The molecule has 0 saturated heterocycles. The van der Waals surface area contributed by atoms with E-state index < -0.39 is 0 Å². The van der Waals surface area contributed by atoms with Crippen LogP contribution in [0.2, 0.25) is 10.0 Å². The van der Waals surface area contributed by atoms with Gasteiger partial charge in [-0.25, -0.2) is 0 Å². The minimum absolute atomic E-state index is 0.798. The van der Waals surface area contributed by atoms with Gasteiger partial charge in [0, 0.05) is 10.0 Å². The lowest BCUT2D eigenvalue weighted by Gasteiger charge is -2.03. The van der Waals surface area contributed by atoms with Crippen LogP contribution in [0.3, 0.4) is 0 Å². The average Bonchev–Trinajstić information content (AvgIpc) is 2.34. The van der Waals surface area contributed by atoms with Crippen molar-refractivity contribution < 1.29 is 0 Å². The summed E-state index contributed by atoms with van der Waals surface area (Å²) in [7, 11) is 0. The Balaban J connectivity index is 1.83. The van der Waals surface area contributed by atoms with Crippen molar-refractivity contribution in [1.82, 2.24) is 0 Å². The van der Waals surface area contributed by atoms with Crippen LogP contribution in [0.1, 0.15) is 17.5 Å². The van der Waals surface area contributed by atoms with E-state index in [0.717, 1.165) is 29.3 Å². The summed E-state index contributed by atoms with van der Waals surface area (Å²) in [6.07, 6.45) is 3.31. The van der Waals surface area contributed by atoms with Crippen molar-refractivity contribution in [3.63, 3.8) is 0 Å². The Morgan fingerprint density at radius 1 is 0.588 bits per heavy atom. The molecule has 0 radical (unpaired) electrons. The second-order valence-electron chi connectivity index (χ2n) is 4.11. The van der Waals surface area contributed by atoms with Crippen LogP contribution < -0.4 is 0 Å². The summed E-state index contributed by atoms with van der Waals surface area (Å²) in [4.78, 5) is 0. The maximum Gasteiger partial charge on any atom is 0.0406 e. The first-order valence-corrected chi connectivity index (χ1v) is 6.48. The van der Waals surface area contributed by atoms with Crippen LogP contribution in [0.25, 0.3) is 0 Å². The molecule has 0 atom stereocenters. The molecule has 88 valence electrons. The second-order valence-corrected chi connectivity index (χ2v) is 4.98. The molecule has 0 bridgehead atoms.